The Morgan fingerprint density at radius 2 is 2.03 bits per heavy atom. The van der Waals surface area contributed by atoms with Gasteiger partial charge in [-0.3, -0.25) is 19.5 Å². The second-order valence-corrected chi connectivity index (χ2v) is 7.95. The number of ether oxygens (including phenoxy) is 2. The van der Waals surface area contributed by atoms with Crippen LogP contribution < -0.4 is 15.6 Å². The Bertz CT molecular complexity index is 994. The standard InChI is InChI=1S/C16H19FN4O3.C8H13NO.H2/c17-14-11-18-16(20-15(14)22)19-12-2-1-3-13(10-12)24-9-6-21-4-7-23-8-5-21;1-2-8(10)9-6-4-3-5-7-9;/h1-3,10-11H,4-9H2,(H2,18,19,20,22);2H,1,3-7H2;1H. The lowest BCUT2D eigenvalue weighted by Gasteiger charge is -2.26. The van der Waals surface area contributed by atoms with Gasteiger partial charge < -0.3 is 19.7 Å². The summed E-state index contributed by atoms with van der Waals surface area (Å²) in [7, 11) is 0. The first-order chi connectivity index (χ1) is 16.5. The maximum Gasteiger partial charge on any atom is 0.288 e. The number of nitrogens with one attached hydrogen (secondary N) is 2. The number of rotatable bonds is 7. The molecule has 0 unspecified atom stereocenters. The van der Waals surface area contributed by atoms with Gasteiger partial charge in [-0.1, -0.05) is 12.6 Å². The summed E-state index contributed by atoms with van der Waals surface area (Å²) in [6.45, 7) is 10.1. The molecule has 0 bridgehead atoms. The highest BCUT2D eigenvalue weighted by Crippen LogP contribution is 2.19. The van der Waals surface area contributed by atoms with Crippen LogP contribution in [-0.2, 0) is 9.53 Å². The van der Waals surface area contributed by atoms with Crippen molar-refractivity contribution >= 4 is 17.5 Å². The van der Waals surface area contributed by atoms with Crippen molar-refractivity contribution in [2.75, 3.05) is 57.9 Å². The van der Waals surface area contributed by atoms with Crippen LogP contribution in [0.5, 0.6) is 5.75 Å². The molecule has 2 aromatic rings. The molecule has 0 atom stereocenters. The summed E-state index contributed by atoms with van der Waals surface area (Å²) in [5, 5.41) is 2.91. The lowest BCUT2D eigenvalue weighted by atomic mass is 10.1. The van der Waals surface area contributed by atoms with Crippen LogP contribution in [0.15, 0.2) is 47.9 Å². The van der Waals surface area contributed by atoms with Crippen LogP contribution in [0.4, 0.5) is 16.0 Å². The normalized spacial score (nSPS) is 16.2. The van der Waals surface area contributed by atoms with Crippen molar-refractivity contribution < 1.29 is 20.1 Å². The number of H-pyrrole nitrogens is 1. The Labute approximate surface area is 200 Å². The van der Waals surface area contributed by atoms with E-state index >= 15 is 0 Å². The van der Waals surface area contributed by atoms with Gasteiger partial charge in [-0.05, 0) is 37.5 Å². The minimum atomic E-state index is -0.916. The third kappa shape index (κ3) is 8.27. The monoisotopic (exact) mass is 475 g/mol. The Hall–Kier alpha value is -3.24. The number of piperidine rings is 1. The molecule has 1 amide bonds. The molecule has 0 spiro atoms. The lowest BCUT2D eigenvalue weighted by Crippen LogP contribution is -2.38. The zero-order valence-electron chi connectivity index (χ0n) is 19.3. The number of carbonyl (C=O) groups excluding carboxylic acids is 1. The molecule has 10 heteroatoms. The molecule has 2 fully saturated rings. The summed E-state index contributed by atoms with van der Waals surface area (Å²) >= 11 is 0. The third-order valence-corrected chi connectivity index (χ3v) is 5.47. The molecule has 9 nitrogen and oxygen atoms in total. The van der Waals surface area contributed by atoms with Crippen molar-refractivity contribution in [3.8, 4) is 5.75 Å². The van der Waals surface area contributed by atoms with E-state index in [1.807, 2.05) is 17.0 Å². The zero-order chi connectivity index (χ0) is 24.2. The maximum absolute atomic E-state index is 12.9. The predicted octanol–water partition coefficient (Wildman–Crippen LogP) is 2.79. The average Bonchev–Trinajstić information content (AvgIpc) is 2.88. The van der Waals surface area contributed by atoms with Crippen molar-refractivity contribution in [1.29, 1.82) is 0 Å². The van der Waals surface area contributed by atoms with Gasteiger partial charge in [0, 0.05) is 45.9 Å². The second-order valence-electron chi connectivity index (χ2n) is 7.95. The van der Waals surface area contributed by atoms with E-state index < -0.39 is 11.4 Å². The van der Waals surface area contributed by atoms with Crippen LogP contribution in [0.2, 0.25) is 0 Å². The zero-order valence-corrected chi connectivity index (χ0v) is 19.3. The highest BCUT2D eigenvalue weighted by atomic mass is 19.1. The van der Waals surface area contributed by atoms with E-state index in [1.54, 1.807) is 12.1 Å². The van der Waals surface area contributed by atoms with Crippen molar-refractivity contribution in [2.45, 2.75) is 19.3 Å². The molecule has 2 aliphatic rings. The molecule has 2 N–H and O–H groups in total. The Morgan fingerprint density at radius 3 is 2.74 bits per heavy atom. The number of hydrogen-bond acceptors (Lipinski definition) is 7. The van der Waals surface area contributed by atoms with Gasteiger partial charge in [-0.15, -0.1) is 0 Å². The van der Waals surface area contributed by atoms with Gasteiger partial charge in [-0.2, -0.15) is 4.39 Å². The van der Waals surface area contributed by atoms with Gasteiger partial charge in [0.15, 0.2) is 0 Å². The molecule has 186 valence electrons. The first kappa shape index (κ1) is 25.4. The van der Waals surface area contributed by atoms with Crippen molar-refractivity contribution in [2.24, 2.45) is 0 Å². The molecule has 34 heavy (non-hydrogen) atoms. The summed E-state index contributed by atoms with van der Waals surface area (Å²) in [6.07, 6.45) is 5.84. The van der Waals surface area contributed by atoms with Crippen LogP contribution >= 0.6 is 0 Å². The number of carbonyl (C=O) groups is 1. The fourth-order valence-corrected chi connectivity index (χ4v) is 3.60. The molecule has 4 rings (SSSR count). The van der Waals surface area contributed by atoms with Crippen molar-refractivity contribution in [3.63, 3.8) is 0 Å². The summed E-state index contributed by atoms with van der Waals surface area (Å²) in [4.78, 5) is 32.5. The van der Waals surface area contributed by atoms with Gasteiger partial charge in [-0.25, -0.2) is 4.98 Å². The fraction of sp³-hybridized carbons (Fsp3) is 0.458. The summed E-state index contributed by atoms with van der Waals surface area (Å²) in [5.74, 6) is 0.0463. The number of nitrogens with zero attached hydrogens (tertiary/aromatic N) is 3. The number of likely N-dealkylation sites (tertiary alicyclic amines) is 1. The molecule has 1 aromatic carbocycles. The summed E-state index contributed by atoms with van der Waals surface area (Å²) in [6, 6.07) is 7.28. The number of morpholine rings is 1. The molecule has 0 saturated carbocycles. The van der Waals surface area contributed by atoms with Crippen LogP contribution in [0.3, 0.4) is 0 Å². The highest BCUT2D eigenvalue weighted by molar-refractivity contribution is 5.87. The molecule has 1 aromatic heterocycles. The number of hydrogen-bond donors (Lipinski definition) is 2. The van der Waals surface area contributed by atoms with Gasteiger partial charge in [0.25, 0.3) is 5.56 Å². The van der Waals surface area contributed by atoms with E-state index in [-0.39, 0.29) is 13.3 Å². The Morgan fingerprint density at radius 1 is 1.26 bits per heavy atom. The average molecular weight is 476 g/mol. The van der Waals surface area contributed by atoms with Gasteiger partial charge in [0.1, 0.15) is 12.4 Å². The second kappa shape index (κ2) is 13.5. The third-order valence-electron chi connectivity index (χ3n) is 5.47. The molecule has 2 aliphatic heterocycles. The Kier molecular flexibility index (Phi) is 10.1. The Balaban J connectivity index is 0.000000332. The van der Waals surface area contributed by atoms with Gasteiger partial charge >= 0.3 is 0 Å². The molecule has 3 heterocycles. The van der Waals surface area contributed by atoms with Crippen molar-refractivity contribution in [1.82, 2.24) is 19.8 Å². The lowest BCUT2D eigenvalue weighted by molar-refractivity contribution is -0.126. The van der Waals surface area contributed by atoms with Crippen molar-refractivity contribution in [3.05, 3.63) is 59.3 Å². The van der Waals surface area contributed by atoms with Crippen LogP contribution in [0.1, 0.15) is 20.7 Å². The minimum Gasteiger partial charge on any atom is -0.492 e. The number of aromatic amines is 1. The maximum atomic E-state index is 12.9. The molecule has 0 aliphatic carbocycles. The van der Waals surface area contributed by atoms with E-state index in [2.05, 4.69) is 26.8 Å². The van der Waals surface area contributed by atoms with E-state index in [0.29, 0.717) is 18.0 Å². The first-order valence-corrected chi connectivity index (χ1v) is 11.5. The number of anilines is 2. The van der Waals surface area contributed by atoms with Crippen LogP contribution in [0.25, 0.3) is 0 Å². The predicted molar refractivity (Wildman–Crippen MR) is 130 cm³/mol. The highest BCUT2D eigenvalue weighted by Gasteiger charge is 2.12. The number of benzene rings is 1. The van der Waals surface area contributed by atoms with E-state index in [4.69, 9.17) is 9.47 Å². The molecular weight excluding hydrogens is 441 g/mol. The molecule has 2 saturated heterocycles. The SMILES string of the molecule is C=CC(=O)N1CCCCC1.O=c1[nH]c(Nc2cccc(OCCN3CCOCC3)c2)ncc1F.[HH]. The largest absolute Gasteiger partial charge is 0.492 e. The summed E-state index contributed by atoms with van der Waals surface area (Å²) in [5.41, 5.74) is -0.126. The minimum absolute atomic E-state index is 0. The number of aromatic nitrogens is 2. The summed E-state index contributed by atoms with van der Waals surface area (Å²) < 4.78 is 24.0. The van der Waals surface area contributed by atoms with Crippen LogP contribution in [0, 0.1) is 5.82 Å². The smallest absolute Gasteiger partial charge is 0.288 e. The van der Waals surface area contributed by atoms with E-state index in [1.165, 1.54) is 12.5 Å². The quantitative estimate of drug-likeness (QED) is 0.594. The first-order valence-electron chi connectivity index (χ1n) is 11.5. The molecular formula is C24H34FN5O4. The topological polar surface area (TPSA) is 99.8 Å². The fourth-order valence-electron chi connectivity index (χ4n) is 3.60. The van der Waals surface area contributed by atoms with Gasteiger partial charge in [0.05, 0.1) is 19.4 Å². The number of halogens is 1. The van der Waals surface area contributed by atoms with E-state index in [9.17, 15) is 14.0 Å². The van der Waals surface area contributed by atoms with Crippen LogP contribution in [-0.4, -0.2) is 78.2 Å². The van der Waals surface area contributed by atoms with E-state index in [0.717, 1.165) is 65.0 Å². The molecule has 0 radical (unpaired) electrons. The number of amides is 1. The van der Waals surface area contributed by atoms with Gasteiger partial charge in [0.2, 0.25) is 17.7 Å².